The summed E-state index contributed by atoms with van der Waals surface area (Å²) in [5, 5.41) is 15.2. The number of nitrogens with zero attached hydrogens (tertiary/aromatic N) is 4. The van der Waals surface area contributed by atoms with Crippen LogP contribution in [0.4, 0.5) is 23.1 Å². The zero-order valence-electron chi connectivity index (χ0n) is 17.5. The summed E-state index contributed by atoms with van der Waals surface area (Å²) in [6.07, 6.45) is 3.12. The Bertz CT molecular complexity index is 1090. The van der Waals surface area contributed by atoms with E-state index in [1.165, 1.54) is 17.5 Å². The molecule has 0 saturated carbocycles. The number of thiazole rings is 1. The van der Waals surface area contributed by atoms with E-state index in [0.29, 0.717) is 29.0 Å². The van der Waals surface area contributed by atoms with Gasteiger partial charge in [-0.2, -0.15) is 4.98 Å². The van der Waals surface area contributed by atoms with Gasteiger partial charge in [0.05, 0.1) is 18.5 Å². The Morgan fingerprint density at radius 3 is 2.90 bits per heavy atom. The van der Waals surface area contributed by atoms with E-state index in [4.69, 9.17) is 22.1 Å². The van der Waals surface area contributed by atoms with Gasteiger partial charge in [-0.05, 0) is 19.1 Å². The average Bonchev–Trinajstić information content (AvgIpc) is 3.29. The van der Waals surface area contributed by atoms with E-state index < -0.39 is 5.60 Å². The summed E-state index contributed by atoms with van der Waals surface area (Å²) in [4.78, 5) is 14.4. The lowest BCUT2D eigenvalue weighted by molar-refractivity contribution is -0.482. The predicted octanol–water partition coefficient (Wildman–Crippen LogP) is 2.04. The zero-order valence-corrected chi connectivity index (χ0v) is 19.0. The fourth-order valence-electron chi connectivity index (χ4n) is 2.80. The first-order chi connectivity index (χ1) is 14.8. The number of likely N-dealkylation sites (N-methyl/N-ethyl adjacent to an activating group) is 1. The maximum absolute atomic E-state index is 10.6. The van der Waals surface area contributed by atoms with Crippen molar-refractivity contribution in [1.29, 1.82) is 0 Å². The first kappa shape index (κ1) is 22.9. The van der Waals surface area contributed by atoms with Crippen LogP contribution in [0.25, 0.3) is 0 Å². The lowest BCUT2D eigenvalue weighted by Crippen LogP contribution is -2.72. The minimum atomic E-state index is -1.34. The van der Waals surface area contributed by atoms with Crippen LogP contribution in [0.1, 0.15) is 17.5 Å². The standard InChI is InChI=1S/C21H23ClN6O2S/c1-21(29,19-24-8-11-31-19)7-6-14-4-5-17(28(2)9-10-30-3)16(12-14)26-18-15(22)13-25-20(23)27-18/h4-5,8,11-13,29H,9-10H2,1-3H3,(H3,23,25,26,27)/p+1. The third-order valence-electron chi connectivity index (χ3n) is 4.45. The van der Waals surface area contributed by atoms with Crippen LogP contribution in [0.3, 0.4) is 0 Å². The van der Waals surface area contributed by atoms with Crippen molar-refractivity contribution in [3.8, 4) is 11.8 Å². The largest absolute Gasteiger partial charge is 0.383 e. The molecular formula is C21H24ClN6O2S+. The second kappa shape index (κ2) is 10.0. The molecule has 0 aliphatic rings. The van der Waals surface area contributed by atoms with E-state index in [0.717, 1.165) is 16.9 Å². The zero-order chi connectivity index (χ0) is 22.4. The van der Waals surface area contributed by atoms with Crippen molar-refractivity contribution >= 4 is 46.1 Å². The number of aliphatic hydroxyl groups is 1. The van der Waals surface area contributed by atoms with Crippen molar-refractivity contribution in [2.45, 2.75) is 12.5 Å². The van der Waals surface area contributed by atoms with Crippen LogP contribution < -0.4 is 16.0 Å². The topological polar surface area (TPSA) is 114 Å². The molecule has 1 aromatic carbocycles. The highest BCUT2D eigenvalue weighted by Crippen LogP contribution is 2.26. The number of hydrogen-bond acceptors (Lipinski definition) is 8. The summed E-state index contributed by atoms with van der Waals surface area (Å²) in [5.41, 5.74) is 6.92. The smallest absolute Gasteiger partial charge is 0.253 e. The summed E-state index contributed by atoms with van der Waals surface area (Å²) in [7, 11) is 3.64. The van der Waals surface area contributed by atoms with E-state index in [2.05, 4.69) is 31.7 Å². The molecule has 0 bridgehead atoms. The van der Waals surface area contributed by atoms with Gasteiger partial charge >= 0.3 is 0 Å². The maximum atomic E-state index is 10.6. The van der Waals surface area contributed by atoms with Gasteiger partial charge in [-0.1, -0.05) is 23.4 Å². The Kier molecular flexibility index (Phi) is 7.43. The minimum Gasteiger partial charge on any atom is -0.383 e. The fourth-order valence-corrected chi connectivity index (χ4v) is 3.60. The van der Waals surface area contributed by atoms with E-state index >= 15 is 0 Å². The third kappa shape index (κ3) is 5.91. The fraction of sp³-hybridized carbons (Fsp3) is 0.286. The predicted molar refractivity (Wildman–Crippen MR) is 123 cm³/mol. The molecular weight excluding hydrogens is 436 g/mol. The highest BCUT2D eigenvalue weighted by atomic mass is 35.5. The van der Waals surface area contributed by atoms with Crippen LogP contribution >= 0.6 is 22.9 Å². The van der Waals surface area contributed by atoms with Gasteiger partial charge in [-0.25, -0.2) is 9.97 Å². The number of aromatic nitrogens is 3. The number of rotatable bonds is 7. The lowest BCUT2D eigenvalue weighted by Gasteiger charge is -2.20. The van der Waals surface area contributed by atoms with E-state index in [1.807, 2.05) is 30.6 Å². The molecule has 0 aliphatic heterocycles. The van der Waals surface area contributed by atoms with Gasteiger partial charge in [0, 0.05) is 43.9 Å². The van der Waals surface area contributed by atoms with Gasteiger partial charge in [-0.15, -0.1) is 11.3 Å². The molecule has 31 heavy (non-hydrogen) atoms. The van der Waals surface area contributed by atoms with Crippen LogP contribution in [0.15, 0.2) is 36.0 Å². The third-order valence-corrected chi connectivity index (χ3v) is 5.73. The van der Waals surface area contributed by atoms with E-state index in [-0.39, 0.29) is 5.95 Å². The second-order valence-corrected chi connectivity index (χ2v) is 8.25. The quantitative estimate of drug-likeness (QED) is 0.366. The Balaban J connectivity index is 1.97. The molecule has 2 aromatic heterocycles. The SMILES string of the molecule is COCCN(C)c1ccc(C#CC(C)(O)c2nccs2)cc1[NH2+]c1nc(N)ncc1Cl. The number of quaternary nitrogens is 1. The lowest BCUT2D eigenvalue weighted by atomic mass is 10.1. The van der Waals surface area contributed by atoms with Crippen molar-refractivity contribution in [3.05, 3.63) is 51.6 Å². The molecule has 1 atom stereocenters. The first-order valence-corrected chi connectivity index (χ1v) is 10.7. The number of anilines is 2. The van der Waals surface area contributed by atoms with E-state index in [9.17, 15) is 5.11 Å². The van der Waals surface area contributed by atoms with E-state index in [1.54, 1.807) is 25.6 Å². The second-order valence-electron chi connectivity index (χ2n) is 6.95. The minimum absolute atomic E-state index is 0.139. The van der Waals surface area contributed by atoms with Gasteiger partial charge in [0.1, 0.15) is 10.0 Å². The van der Waals surface area contributed by atoms with Crippen LogP contribution in [-0.2, 0) is 10.3 Å². The van der Waals surface area contributed by atoms with Crippen LogP contribution in [0, 0.1) is 11.8 Å². The molecule has 162 valence electrons. The van der Waals surface area contributed by atoms with Gasteiger partial charge < -0.3 is 20.5 Å². The Hall–Kier alpha value is -2.74. The summed E-state index contributed by atoms with van der Waals surface area (Å²) in [6, 6.07) is 5.77. The number of nitrogen functional groups attached to an aromatic ring is 1. The highest BCUT2D eigenvalue weighted by molar-refractivity contribution is 7.09. The van der Waals surface area contributed by atoms with Crippen molar-refractivity contribution in [2.75, 3.05) is 37.9 Å². The van der Waals surface area contributed by atoms with Crippen LogP contribution in [0.2, 0.25) is 5.02 Å². The summed E-state index contributed by atoms with van der Waals surface area (Å²) in [6.45, 7) is 2.90. The molecule has 1 unspecified atom stereocenters. The number of methoxy groups -OCH3 is 1. The Labute approximate surface area is 190 Å². The van der Waals surface area contributed by atoms with Gasteiger partial charge in [0.2, 0.25) is 5.95 Å². The van der Waals surface area contributed by atoms with Gasteiger partial charge in [-0.3, -0.25) is 5.32 Å². The average molecular weight is 460 g/mol. The van der Waals surface area contributed by atoms with Crippen molar-refractivity contribution in [3.63, 3.8) is 0 Å². The number of hydrogen-bond donors (Lipinski definition) is 3. The molecule has 0 spiro atoms. The molecule has 3 aromatic rings. The maximum Gasteiger partial charge on any atom is 0.253 e. The van der Waals surface area contributed by atoms with Crippen molar-refractivity contribution < 1.29 is 15.2 Å². The molecule has 0 fully saturated rings. The van der Waals surface area contributed by atoms with Gasteiger partial charge in [0.25, 0.3) is 5.82 Å². The van der Waals surface area contributed by atoms with Crippen LogP contribution in [0.5, 0.6) is 0 Å². The van der Waals surface area contributed by atoms with Gasteiger partial charge in [0.15, 0.2) is 11.3 Å². The van der Waals surface area contributed by atoms with Crippen molar-refractivity contribution in [1.82, 2.24) is 15.0 Å². The number of benzene rings is 1. The number of nitrogens with two attached hydrogens (primary N) is 2. The number of ether oxygens (including phenoxy) is 1. The highest BCUT2D eigenvalue weighted by Gasteiger charge is 2.23. The first-order valence-electron chi connectivity index (χ1n) is 9.42. The molecule has 0 amide bonds. The molecule has 0 aliphatic carbocycles. The monoisotopic (exact) mass is 459 g/mol. The molecule has 3 rings (SSSR count). The molecule has 5 N–H and O–H groups in total. The summed E-state index contributed by atoms with van der Waals surface area (Å²) < 4.78 is 5.20. The number of halogens is 1. The molecule has 8 nitrogen and oxygen atoms in total. The summed E-state index contributed by atoms with van der Waals surface area (Å²) >= 11 is 7.63. The van der Waals surface area contributed by atoms with Crippen LogP contribution in [-0.4, -0.2) is 47.4 Å². The Morgan fingerprint density at radius 2 is 2.19 bits per heavy atom. The molecule has 2 heterocycles. The van der Waals surface area contributed by atoms with Crippen molar-refractivity contribution in [2.24, 2.45) is 0 Å². The summed E-state index contributed by atoms with van der Waals surface area (Å²) in [5.74, 6) is 6.60. The molecule has 0 saturated heterocycles. The Morgan fingerprint density at radius 1 is 1.39 bits per heavy atom. The molecule has 0 radical (unpaired) electrons. The molecule has 10 heteroatoms. The normalized spacial score (nSPS) is 12.7.